The van der Waals surface area contributed by atoms with Gasteiger partial charge in [0, 0.05) is 6.42 Å². The Balaban J connectivity index is 2.09. The molecule has 1 aliphatic heterocycles. The maximum atomic E-state index is 13.0. The highest BCUT2D eigenvalue weighted by Gasteiger charge is 2.44. The van der Waals surface area contributed by atoms with Gasteiger partial charge in [-0.2, -0.15) is 0 Å². The Hall–Kier alpha value is -2.11. The molecular formula is C61H111NO8. The Kier molecular flexibility index (Phi) is 47.5. The summed E-state index contributed by atoms with van der Waals surface area (Å²) in [6.45, 7) is 3.74. The van der Waals surface area contributed by atoms with E-state index in [9.17, 15) is 30.3 Å². The van der Waals surface area contributed by atoms with Crippen LogP contribution in [0, 0.1) is 0 Å². The number of carbonyl (C=O) groups is 1. The molecular weight excluding hydrogens is 875 g/mol. The van der Waals surface area contributed by atoms with Gasteiger partial charge in [0.25, 0.3) is 0 Å². The van der Waals surface area contributed by atoms with Crippen molar-refractivity contribution in [2.45, 2.75) is 307 Å². The molecule has 9 heteroatoms. The summed E-state index contributed by atoms with van der Waals surface area (Å²) in [5, 5.41) is 54.3. The zero-order valence-corrected chi connectivity index (χ0v) is 45.3. The molecule has 0 spiro atoms. The lowest BCUT2D eigenvalue weighted by molar-refractivity contribution is -0.302. The van der Waals surface area contributed by atoms with E-state index in [1.165, 1.54) is 193 Å². The second-order valence-corrected chi connectivity index (χ2v) is 20.4. The van der Waals surface area contributed by atoms with Crippen LogP contribution in [-0.4, -0.2) is 87.5 Å². The normalized spacial score (nSPS) is 19.8. The van der Waals surface area contributed by atoms with Crippen LogP contribution in [0.4, 0.5) is 0 Å². The van der Waals surface area contributed by atoms with E-state index in [1.54, 1.807) is 6.08 Å². The smallest absolute Gasteiger partial charge is 0.220 e. The fourth-order valence-corrected chi connectivity index (χ4v) is 9.12. The van der Waals surface area contributed by atoms with Gasteiger partial charge in [0.1, 0.15) is 24.4 Å². The van der Waals surface area contributed by atoms with Crippen LogP contribution in [0.2, 0.25) is 0 Å². The number of amides is 1. The van der Waals surface area contributed by atoms with Crippen LogP contribution in [0.25, 0.3) is 0 Å². The van der Waals surface area contributed by atoms with Crippen molar-refractivity contribution in [3.63, 3.8) is 0 Å². The van der Waals surface area contributed by atoms with Crippen molar-refractivity contribution in [2.24, 2.45) is 0 Å². The summed E-state index contributed by atoms with van der Waals surface area (Å²) in [7, 11) is 0. The van der Waals surface area contributed by atoms with Crippen LogP contribution in [0.1, 0.15) is 264 Å². The van der Waals surface area contributed by atoms with Crippen LogP contribution < -0.4 is 5.32 Å². The van der Waals surface area contributed by atoms with Crippen molar-refractivity contribution >= 4 is 5.91 Å². The number of ether oxygens (including phenoxy) is 2. The minimum Gasteiger partial charge on any atom is -0.394 e. The maximum absolute atomic E-state index is 13.0. The average molecular weight is 987 g/mol. The van der Waals surface area contributed by atoms with Gasteiger partial charge < -0.3 is 40.3 Å². The Morgan fingerprint density at radius 3 is 1.30 bits per heavy atom. The minimum atomic E-state index is -1.57. The quantitative estimate of drug-likeness (QED) is 0.0261. The minimum absolute atomic E-state index is 0.186. The molecule has 6 N–H and O–H groups in total. The van der Waals surface area contributed by atoms with E-state index in [0.29, 0.717) is 6.42 Å². The monoisotopic (exact) mass is 986 g/mol. The number of hydrogen-bond donors (Lipinski definition) is 6. The van der Waals surface area contributed by atoms with Gasteiger partial charge in [-0.1, -0.05) is 248 Å². The van der Waals surface area contributed by atoms with Gasteiger partial charge in [-0.05, 0) is 70.6 Å². The molecule has 0 aliphatic carbocycles. The van der Waals surface area contributed by atoms with Gasteiger partial charge in [0.2, 0.25) is 5.91 Å². The number of nitrogens with one attached hydrogen (secondary N) is 1. The van der Waals surface area contributed by atoms with E-state index in [4.69, 9.17) is 9.47 Å². The molecule has 0 saturated carbocycles. The highest BCUT2D eigenvalue weighted by atomic mass is 16.7. The molecule has 1 fully saturated rings. The predicted molar refractivity (Wildman–Crippen MR) is 295 cm³/mol. The first-order valence-electron chi connectivity index (χ1n) is 29.5. The largest absolute Gasteiger partial charge is 0.394 e. The molecule has 7 atom stereocenters. The van der Waals surface area contributed by atoms with Crippen LogP contribution >= 0.6 is 0 Å². The molecule has 0 bridgehead atoms. The summed E-state index contributed by atoms with van der Waals surface area (Å²) in [6, 6.07) is -0.821. The molecule has 9 nitrogen and oxygen atoms in total. The lowest BCUT2D eigenvalue weighted by atomic mass is 9.99. The maximum Gasteiger partial charge on any atom is 0.220 e. The molecule has 1 heterocycles. The van der Waals surface area contributed by atoms with Crippen molar-refractivity contribution in [3.8, 4) is 0 Å². The van der Waals surface area contributed by atoms with Crippen molar-refractivity contribution in [1.82, 2.24) is 5.32 Å². The first kappa shape index (κ1) is 65.9. The van der Waals surface area contributed by atoms with Gasteiger partial charge >= 0.3 is 0 Å². The molecule has 408 valence electrons. The molecule has 1 saturated heterocycles. The van der Waals surface area contributed by atoms with E-state index in [2.05, 4.69) is 67.8 Å². The molecule has 0 radical (unpaired) electrons. The molecule has 1 rings (SSSR count). The number of aliphatic hydroxyl groups excluding tert-OH is 5. The van der Waals surface area contributed by atoms with Gasteiger partial charge in [0.15, 0.2) is 6.29 Å². The van der Waals surface area contributed by atoms with Gasteiger partial charge in [-0.25, -0.2) is 0 Å². The molecule has 1 amide bonds. The Bertz CT molecular complexity index is 1280. The number of aliphatic hydroxyl groups is 5. The van der Waals surface area contributed by atoms with E-state index in [0.717, 1.165) is 51.4 Å². The van der Waals surface area contributed by atoms with E-state index in [1.807, 2.05) is 6.08 Å². The molecule has 0 aromatic carbocycles. The SMILES string of the molecule is CCCCCCC/C=C\C/C=C\C/C=C\CCCCCCCCCCCCCCCCCCCCCCC(=O)NC(COC1OC(CO)C(O)C(O)C1O)C(O)/C=C/CC/C=C/CCCCCCCC. The zero-order valence-electron chi connectivity index (χ0n) is 45.3. The second kappa shape index (κ2) is 50.4. The standard InChI is InChI=1S/C61H111NO8/c1-3-5-7-9-11-13-15-17-18-19-20-21-22-23-24-25-26-27-28-29-30-31-32-33-34-35-36-37-38-39-41-43-45-47-49-51-57(65)62-54(53-69-61-60(68)59(67)58(66)56(52-63)70-61)55(64)50-48-46-44-42-40-16-14-12-10-8-6-4-2/h15,17,19-20,22-23,40,42,48,50,54-56,58-61,63-64,66-68H,3-14,16,18,21,24-39,41,43-47,49,51-53H2,1-2H3,(H,62,65)/b17-15-,20-19-,23-22-,42-40+,50-48+. The number of allylic oxidation sites excluding steroid dienone is 9. The van der Waals surface area contributed by atoms with Crippen molar-refractivity contribution in [3.05, 3.63) is 60.8 Å². The topological polar surface area (TPSA) is 149 Å². The average Bonchev–Trinajstić information content (AvgIpc) is 3.36. The number of carbonyl (C=O) groups excluding carboxylic acids is 1. The number of hydrogen-bond acceptors (Lipinski definition) is 8. The first-order valence-corrected chi connectivity index (χ1v) is 29.5. The summed E-state index contributed by atoms with van der Waals surface area (Å²) in [4.78, 5) is 13.0. The Morgan fingerprint density at radius 1 is 0.486 bits per heavy atom. The van der Waals surface area contributed by atoms with Crippen LogP contribution in [0.15, 0.2) is 60.8 Å². The number of unbranched alkanes of at least 4 members (excludes halogenated alkanes) is 32. The van der Waals surface area contributed by atoms with Crippen molar-refractivity contribution in [2.75, 3.05) is 13.2 Å². The Labute approximate surface area is 430 Å². The van der Waals surface area contributed by atoms with E-state index < -0.39 is 49.5 Å². The summed E-state index contributed by atoms with van der Waals surface area (Å²) in [5.41, 5.74) is 0. The Morgan fingerprint density at radius 2 is 0.857 bits per heavy atom. The second-order valence-electron chi connectivity index (χ2n) is 20.4. The predicted octanol–water partition coefficient (Wildman–Crippen LogP) is 14.7. The molecule has 70 heavy (non-hydrogen) atoms. The van der Waals surface area contributed by atoms with Gasteiger partial charge in [-0.3, -0.25) is 4.79 Å². The molecule has 0 aromatic rings. The van der Waals surface area contributed by atoms with Crippen molar-refractivity contribution < 1.29 is 39.8 Å². The fourth-order valence-electron chi connectivity index (χ4n) is 9.12. The third kappa shape index (κ3) is 39.4. The van der Waals surface area contributed by atoms with Crippen LogP contribution in [0.3, 0.4) is 0 Å². The highest BCUT2D eigenvalue weighted by Crippen LogP contribution is 2.23. The van der Waals surface area contributed by atoms with Crippen molar-refractivity contribution in [1.29, 1.82) is 0 Å². The van der Waals surface area contributed by atoms with Gasteiger partial charge in [-0.15, -0.1) is 0 Å². The summed E-state index contributed by atoms with van der Waals surface area (Å²) in [5.74, 6) is -0.186. The third-order valence-electron chi connectivity index (χ3n) is 13.8. The zero-order chi connectivity index (χ0) is 50.8. The molecule has 1 aliphatic rings. The van der Waals surface area contributed by atoms with E-state index in [-0.39, 0.29) is 12.5 Å². The number of rotatable bonds is 50. The van der Waals surface area contributed by atoms with Crippen LogP contribution in [-0.2, 0) is 14.3 Å². The summed E-state index contributed by atoms with van der Waals surface area (Å²) >= 11 is 0. The van der Waals surface area contributed by atoms with Gasteiger partial charge in [0.05, 0.1) is 25.4 Å². The first-order chi connectivity index (χ1) is 34.3. The molecule has 0 aromatic heterocycles. The van der Waals surface area contributed by atoms with Crippen LogP contribution in [0.5, 0.6) is 0 Å². The summed E-state index contributed by atoms with van der Waals surface area (Å²) in [6.07, 6.45) is 61.7. The molecule has 7 unspecified atom stereocenters. The third-order valence-corrected chi connectivity index (χ3v) is 13.8. The van der Waals surface area contributed by atoms with E-state index >= 15 is 0 Å². The highest BCUT2D eigenvalue weighted by molar-refractivity contribution is 5.76. The fraction of sp³-hybridized carbons (Fsp3) is 0.820. The summed E-state index contributed by atoms with van der Waals surface area (Å²) < 4.78 is 11.2. The lowest BCUT2D eigenvalue weighted by Crippen LogP contribution is -2.60. The lowest BCUT2D eigenvalue weighted by Gasteiger charge is -2.40.